The van der Waals surface area contributed by atoms with Gasteiger partial charge in [0.15, 0.2) is 11.7 Å². The summed E-state index contributed by atoms with van der Waals surface area (Å²) in [6.07, 6.45) is 2.03. The molecule has 0 spiro atoms. The fourth-order valence-electron chi connectivity index (χ4n) is 2.79. The number of nitrogens with zero attached hydrogens (tertiary/aromatic N) is 1. The van der Waals surface area contributed by atoms with Crippen molar-refractivity contribution >= 4 is 35.8 Å². The predicted molar refractivity (Wildman–Crippen MR) is 108 cm³/mol. The van der Waals surface area contributed by atoms with Gasteiger partial charge in [0, 0.05) is 19.0 Å². The van der Waals surface area contributed by atoms with E-state index in [2.05, 4.69) is 15.6 Å². The van der Waals surface area contributed by atoms with Gasteiger partial charge in [-0.3, -0.25) is 9.79 Å². The molecule has 1 saturated carbocycles. The largest absolute Gasteiger partial charge is 0.454 e. The molecule has 1 aromatic heterocycles. The normalized spacial score (nSPS) is 15.1. The van der Waals surface area contributed by atoms with Crippen molar-refractivity contribution < 1.29 is 13.6 Å². The molecule has 0 unspecified atom stereocenters. The Hall–Kier alpha value is -2.10. The second-order valence-electron chi connectivity index (χ2n) is 6.20. The minimum absolute atomic E-state index is 0. The summed E-state index contributed by atoms with van der Waals surface area (Å²) in [7, 11) is 1.67. The number of primary amides is 1. The Balaban J connectivity index is 0.00000243. The number of benzene rings is 1. The molecular weight excluding hydrogens is 450 g/mol. The van der Waals surface area contributed by atoms with E-state index in [1.165, 1.54) is 6.07 Å². The third-order valence-electron chi connectivity index (χ3n) is 4.44. The predicted octanol–water partition coefficient (Wildman–Crippen LogP) is 2.53. The Morgan fingerprint density at radius 1 is 1.31 bits per heavy atom. The second-order valence-corrected chi connectivity index (χ2v) is 6.20. The van der Waals surface area contributed by atoms with Gasteiger partial charge < -0.3 is 20.8 Å². The van der Waals surface area contributed by atoms with Crippen molar-refractivity contribution in [1.82, 2.24) is 10.6 Å². The smallest absolute Gasteiger partial charge is 0.284 e. The van der Waals surface area contributed by atoms with Crippen LogP contribution in [0.15, 0.2) is 45.8 Å². The summed E-state index contributed by atoms with van der Waals surface area (Å²) >= 11 is 0. The van der Waals surface area contributed by atoms with E-state index in [0.29, 0.717) is 24.8 Å². The number of amides is 1. The van der Waals surface area contributed by atoms with Crippen molar-refractivity contribution in [2.75, 3.05) is 13.6 Å². The highest BCUT2D eigenvalue weighted by atomic mass is 127. The van der Waals surface area contributed by atoms with E-state index in [9.17, 15) is 9.18 Å². The Bertz CT molecular complexity index is 802. The van der Waals surface area contributed by atoms with Crippen LogP contribution in [-0.2, 0) is 12.0 Å². The van der Waals surface area contributed by atoms with E-state index >= 15 is 0 Å². The molecule has 3 rings (SSSR count). The summed E-state index contributed by atoms with van der Waals surface area (Å²) in [4.78, 5) is 15.2. The van der Waals surface area contributed by atoms with Gasteiger partial charge in [-0.1, -0.05) is 12.1 Å². The molecule has 1 aromatic carbocycles. The topological polar surface area (TPSA) is 92.6 Å². The highest BCUT2D eigenvalue weighted by Gasteiger charge is 2.44. The van der Waals surface area contributed by atoms with E-state index < -0.39 is 5.91 Å². The molecule has 4 N–H and O–H groups in total. The fraction of sp³-hybridized carbons (Fsp3) is 0.333. The van der Waals surface area contributed by atoms with E-state index in [1.807, 2.05) is 6.07 Å². The monoisotopic (exact) mass is 472 g/mol. The molecule has 0 saturated heterocycles. The molecule has 1 amide bonds. The fourth-order valence-corrected chi connectivity index (χ4v) is 2.79. The number of furan rings is 1. The number of hydrogen-bond acceptors (Lipinski definition) is 3. The van der Waals surface area contributed by atoms with Crippen LogP contribution in [-0.4, -0.2) is 25.5 Å². The van der Waals surface area contributed by atoms with Crippen molar-refractivity contribution in [3.8, 4) is 0 Å². The standard InChI is InChI=1S/C18H21FN4O2.HI/c1-21-17(22-10-14-5-6-15(25-14)16(20)24)23-11-18(7-8-18)12-3-2-4-13(19)9-12;/h2-6,9H,7-8,10-11H2,1H3,(H2,20,24)(H2,21,22,23);1H. The number of carbonyl (C=O) groups excluding carboxylic acids is 1. The maximum absolute atomic E-state index is 13.5. The zero-order valence-electron chi connectivity index (χ0n) is 14.4. The molecule has 2 aromatic rings. The van der Waals surface area contributed by atoms with Gasteiger partial charge >= 0.3 is 0 Å². The van der Waals surface area contributed by atoms with Crippen LogP contribution in [0, 0.1) is 5.82 Å². The lowest BCUT2D eigenvalue weighted by atomic mass is 9.96. The Kier molecular flexibility index (Phi) is 6.63. The van der Waals surface area contributed by atoms with Crippen LogP contribution < -0.4 is 16.4 Å². The number of carbonyl (C=O) groups is 1. The molecule has 0 bridgehead atoms. The average Bonchev–Trinajstić information content (AvgIpc) is 3.24. The zero-order valence-corrected chi connectivity index (χ0v) is 16.8. The molecule has 26 heavy (non-hydrogen) atoms. The molecular formula is C18H22FIN4O2. The number of guanidine groups is 1. The first kappa shape index (κ1) is 20.2. The summed E-state index contributed by atoms with van der Waals surface area (Å²) in [5.74, 6) is 0.513. The summed E-state index contributed by atoms with van der Waals surface area (Å²) in [6.45, 7) is 1.04. The molecule has 1 aliphatic carbocycles. The molecule has 1 aliphatic rings. The number of aliphatic imine (C=N–C) groups is 1. The first-order valence-corrected chi connectivity index (χ1v) is 8.11. The van der Waals surface area contributed by atoms with Gasteiger partial charge in [0.25, 0.3) is 5.91 Å². The van der Waals surface area contributed by atoms with E-state index in [0.717, 1.165) is 18.4 Å². The summed E-state index contributed by atoms with van der Waals surface area (Å²) in [6, 6.07) is 9.98. The average molecular weight is 472 g/mol. The van der Waals surface area contributed by atoms with Crippen LogP contribution in [0.25, 0.3) is 0 Å². The van der Waals surface area contributed by atoms with Gasteiger partial charge in [0.2, 0.25) is 0 Å². The minimum Gasteiger partial charge on any atom is -0.454 e. The number of hydrogen-bond donors (Lipinski definition) is 3. The van der Waals surface area contributed by atoms with Crippen molar-refractivity contribution in [1.29, 1.82) is 0 Å². The minimum atomic E-state index is -0.598. The van der Waals surface area contributed by atoms with Gasteiger partial charge in [-0.05, 0) is 42.7 Å². The number of halogens is 2. The van der Waals surface area contributed by atoms with Crippen LogP contribution in [0.2, 0.25) is 0 Å². The molecule has 1 fully saturated rings. The van der Waals surface area contributed by atoms with Crippen molar-refractivity contribution in [3.63, 3.8) is 0 Å². The van der Waals surface area contributed by atoms with E-state index in [1.54, 1.807) is 31.3 Å². The molecule has 6 nitrogen and oxygen atoms in total. The maximum Gasteiger partial charge on any atom is 0.284 e. The van der Waals surface area contributed by atoms with Gasteiger partial charge in [0.05, 0.1) is 6.54 Å². The highest BCUT2D eigenvalue weighted by Crippen LogP contribution is 2.47. The van der Waals surface area contributed by atoms with E-state index in [-0.39, 0.29) is 41.0 Å². The quantitative estimate of drug-likeness (QED) is 0.342. The lowest BCUT2D eigenvalue weighted by Gasteiger charge is -2.19. The van der Waals surface area contributed by atoms with Gasteiger partial charge in [-0.2, -0.15) is 0 Å². The lowest BCUT2D eigenvalue weighted by molar-refractivity contribution is 0.0972. The molecule has 8 heteroatoms. The number of nitrogens with one attached hydrogen (secondary N) is 2. The Morgan fingerprint density at radius 2 is 2.08 bits per heavy atom. The van der Waals surface area contributed by atoms with Gasteiger partial charge in [-0.25, -0.2) is 4.39 Å². The van der Waals surface area contributed by atoms with Crippen LogP contribution in [0.4, 0.5) is 4.39 Å². The number of nitrogens with two attached hydrogens (primary N) is 1. The summed E-state index contributed by atoms with van der Waals surface area (Å²) in [5.41, 5.74) is 6.13. The molecule has 140 valence electrons. The highest BCUT2D eigenvalue weighted by molar-refractivity contribution is 14.0. The Morgan fingerprint density at radius 3 is 2.65 bits per heavy atom. The lowest BCUT2D eigenvalue weighted by Crippen LogP contribution is -2.40. The number of rotatable bonds is 6. The third-order valence-corrected chi connectivity index (χ3v) is 4.44. The van der Waals surface area contributed by atoms with Crippen LogP contribution in [0.5, 0.6) is 0 Å². The summed E-state index contributed by atoms with van der Waals surface area (Å²) < 4.78 is 18.8. The zero-order chi connectivity index (χ0) is 17.9. The third kappa shape index (κ3) is 4.75. The van der Waals surface area contributed by atoms with Crippen LogP contribution in [0.3, 0.4) is 0 Å². The van der Waals surface area contributed by atoms with Crippen LogP contribution >= 0.6 is 24.0 Å². The van der Waals surface area contributed by atoms with E-state index in [4.69, 9.17) is 10.2 Å². The van der Waals surface area contributed by atoms with Crippen LogP contribution in [0.1, 0.15) is 34.7 Å². The molecule has 0 radical (unpaired) electrons. The van der Waals surface area contributed by atoms with Crippen molar-refractivity contribution in [2.45, 2.75) is 24.8 Å². The first-order chi connectivity index (χ1) is 12.0. The molecule has 1 heterocycles. The molecule has 0 atom stereocenters. The Labute approximate surface area is 168 Å². The van der Waals surface area contributed by atoms with Gasteiger partial charge in [0.1, 0.15) is 11.6 Å². The van der Waals surface area contributed by atoms with Crippen molar-refractivity contribution in [2.24, 2.45) is 10.7 Å². The van der Waals surface area contributed by atoms with Gasteiger partial charge in [-0.15, -0.1) is 24.0 Å². The maximum atomic E-state index is 13.5. The molecule has 0 aliphatic heterocycles. The summed E-state index contributed by atoms with van der Waals surface area (Å²) in [5, 5.41) is 6.39. The first-order valence-electron chi connectivity index (χ1n) is 8.11. The SMILES string of the molecule is CN=C(NCc1ccc(C(N)=O)o1)NCC1(c2cccc(F)c2)CC1.I. The second kappa shape index (κ2) is 8.52. The van der Waals surface area contributed by atoms with Crippen molar-refractivity contribution in [3.05, 3.63) is 59.3 Å².